The Bertz CT molecular complexity index is 1550. The quantitative estimate of drug-likeness (QED) is 0.312. The minimum atomic E-state index is -0.521. The van der Waals surface area contributed by atoms with Crippen LogP contribution >= 0.6 is 0 Å². The maximum Gasteiger partial charge on any atom is 0.254 e. The maximum atomic E-state index is 14.1. The molecular weight excluding hydrogens is 524 g/mol. The van der Waals surface area contributed by atoms with Gasteiger partial charge >= 0.3 is 0 Å². The topological polar surface area (TPSA) is 76.5 Å². The van der Waals surface area contributed by atoms with Crippen LogP contribution in [0.15, 0.2) is 78.9 Å². The molecule has 1 aliphatic carbocycles. The highest BCUT2D eigenvalue weighted by molar-refractivity contribution is 5.97. The standard InChI is InChI=1S/C35H38N4O3/c1-24-18-25(2)39(37-24)23-27-8-7-11-30(19-27)35(41)38(33-12-5-6-17-36-34(33)40)22-26-13-15-31(16-14-26)42-32-20-28-9-3-4-10-29(28)21-32/h3-4,7-11,13-16,18-19,32-33H,5-6,12,17,20-23H2,1-2H3,(H,36,40)/t33-/m0/s1. The van der Waals surface area contributed by atoms with Crippen molar-refractivity contribution in [3.63, 3.8) is 0 Å². The fraction of sp³-hybridized carbons (Fsp3) is 0.343. The molecule has 2 heterocycles. The van der Waals surface area contributed by atoms with E-state index in [0.29, 0.717) is 31.6 Å². The number of aromatic nitrogens is 2. The van der Waals surface area contributed by atoms with Crippen molar-refractivity contribution in [2.24, 2.45) is 0 Å². The first kappa shape index (κ1) is 27.8. The van der Waals surface area contributed by atoms with Crippen LogP contribution in [0.25, 0.3) is 0 Å². The smallest absolute Gasteiger partial charge is 0.254 e. The van der Waals surface area contributed by atoms with E-state index in [1.54, 1.807) is 4.90 Å². The summed E-state index contributed by atoms with van der Waals surface area (Å²) in [5.74, 6) is 0.593. The normalized spacial score (nSPS) is 16.9. The van der Waals surface area contributed by atoms with Crippen LogP contribution in [0.1, 0.15) is 63.3 Å². The first-order chi connectivity index (χ1) is 20.4. The summed E-state index contributed by atoms with van der Waals surface area (Å²) in [5, 5.41) is 7.59. The number of carbonyl (C=O) groups is 2. The lowest BCUT2D eigenvalue weighted by molar-refractivity contribution is -0.125. The number of hydrogen-bond donors (Lipinski definition) is 1. The van der Waals surface area contributed by atoms with Gasteiger partial charge in [0.2, 0.25) is 5.91 Å². The van der Waals surface area contributed by atoms with Gasteiger partial charge in [0.15, 0.2) is 0 Å². The van der Waals surface area contributed by atoms with Gasteiger partial charge in [0.25, 0.3) is 5.91 Å². The van der Waals surface area contributed by atoms with E-state index in [9.17, 15) is 9.59 Å². The number of ether oxygens (including phenoxy) is 1. The molecule has 216 valence electrons. The molecule has 2 amide bonds. The lowest BCUT2D eigenvalue weighted by Crippen LogP contribution is -2.48. The van der Waals surface area contributed by atoms with Crippen LogP contribution in [0.4, 0.5) is 0 Å². The summed E-state index contributed by atoms with van der Waals surface area (Å²) >= 11 is 0. The second-order valence-electron chi connectivity index (χ2n) is 11.6. The first-order valence-electron chi connectivity index (χ1n) is 14.9. The van der Waals surface area contributed by atoms with Crippen molar-refractivity contribution >= 4 is 11.8 Å². The van der Waals surface area contributed by atoms with E-state index in [4.69, 9.17) is 4.74 Å². The summed E-state index contributed by atoms with van der Waals surface area (Å²) in [7, 11) is 0. The summed E-state index contributed by atoms with van der Waals surface area (Å²) in [4.78, 5) is 29.0. The van der Waals surface area contributed by atoms with Crippen LogP contribution in [0.5, 0.6) is 5.75 Å². The number of fused-ring (bicyclic) bond motifs is 1. The third-order valence-corrected chi connectivity index (χ3v) is 8.35. The van der Waals surface area contributed by atoms with E-state index in [2.05, 4.69) is 34.7 Å². The number of nitrogens with one attached hydrogen (secondary N) is 1. The van der Waals surface area contributed by atoms with Crippen molar-refractivity contribution in [1.29, 1.82) is 0 Å². The number of hydrogen-bond acceptors (Lipinski definition) is 4. The Labute approximate surface area is 247 Å². The molecule has 1 fully saturated rings. The van der Waals surface area contributed by atoms with Crippen LogP contribution in [-0.4, -0.2) is 45.2 Å². The van der Waals surface area contributed by atoms with Gasteiger partial charge in [-0.05, 0) is 85.7 Å². The van der Waals surface area contributed by atoms with Gasteiger partial charge in [-0.3, -0.25) is 14.3 Å². The Kier molecular flexibility index (Phi) is 8.08. The second-order valence-corrected chi connectivity index (χ2v) is 11.6. The van der Waals surface area contributed by atoms with Crippen molar-refractivity contribution in [1.82, 2.24) is 20.0 Å². The summed E-state index contributed by atoms with van der Waals surface area (Å²) in [6, 6.07) is 25.7. The van der Waals surface area contributed by atoms with E-state index in [0.717, 1.165) is 53.9 Å². The van der Waals surface area contributed by atoms with Crippen molar-refractivity contribution in [2.45, 2.75) is 71.2 Å². The molecule has 42 heavy (non-hydrogen) atoms. The number of nitrogens with zero attached hydrogens (tertiary/aromatic N) is 3. The highest BCUT2D eigenvalue weighted by Gasteiger charge is 2.32. The third-order valence-electron chi connectivity index (χ3n) is 8.35. The predicted octanol–water partition coefficient (Wildman–Crippen LogP) is 5.41. The minimum absolute atomic E-state index is 0.0830. The molecule has 0 radical (unpaired) electrons. The summed E-state index contributed by atoms with van der Waals surface area (Å²) < 4.78 is 8.25. The Morgan fingerprint density at radius 1 is 0.952 bits per heavy atom. The Hall–Kier alpha value is -4.39. The maximum absolute atomic E-state index is 14.1. The molecule has 1 saturated heterocycles. The van der Waals surface area contributed by atoms with Gasteiger partial charge in [-0.25, -0.2) is 0 Å². The first-order valence-corrected chi connectivity index (χ1v) is 14.9. The van der Waals surface area contributed by atoms with E-state index in [1.807, 2.05) is 73.1 Å². The highest BCUT2D eigenvalue weighted by atomic mass is 16.5. The predicted molar refractivity (Wildman–Crippen MR) is 162 cm³/mol. The van der Waals surface area contributed by atoms with Crippen molar-refractivity contribution in [3.05, 3.63) is 118 Å². The number of carbonyl (C=O) groups excluding carboxylic acids is 2. The molecule has 1 aliphatic heterocycles. The number of aryl methyl sites for hydroxylation is 2. The summed E-state index contributed by atoms with van der Waals surface area (Å²) in [6.07, 6.45) is 4.40. The molecular formula is C35H38N4O3. The van der Waals surface area contributed by atoms with Gasteiger partial charge in [0, 0.05) is 37.2 Å². The van der Waals surface area contributed by atoms with Gasteiger partial charge in [-0.15, -0.1) is 0 Å². The van der Waals surface area contributed by atoms with Gasteiger partial charge < -0.3 is 15.0 Å². The number of benzene rings is 3. The van der Waals surface area contributed by atoms with Crippen LogP contribution in [0.3, 0.4) is 0 Å². The fourth-order valence-electron chi connectivity index (χ4n) is 6.18. The molecule has 7 nitrogen and oxygen atoms in total. The average Bonchev–Trinajstić information content (AvgIpc) is 3.46. The van der Waals surface area contributed by atoms with Crippen LogP contribution in [0, 0.1) is 13.8 Å². The van der Waals surface area contributed by atoms with Gasteiger partial charge in [-0.1, -0.05) is 48.5 Å². The highest BCUT2D eigenvalue weighted by Crippen LogP contribution is 2.27. The van der Waals surface area contributed by atoms with Crippen molar-refractivity contribution in [3.8, 4) is 5.75 Å². The van der Waals surface area contributed by atoms with Crippen molar-refractivity contribution in [2.75, 3.05) is 6.54 Å². The van der Waals surface area contributed by atoms with E-state index in [-0.39, 0.29) is 17.9 Å². The molecule has 1 N–H and O–H groups in total. The van der Waals surface area contributed by atoms with Crippen molar-refractivity contribution < 1.29 is 14.3 Å². The third kappa shape index (κ3) is 6.25. The molecule has 1 aromatic heterocycles. The molecule has 7 heteroatoms. The molecule has 0 unspecified atom stereocenters. The molecule has 4 aromatic rings. The largest absolute Gasteiger partial charge is 0.490 e. The Balaban J connectivity index is 1.20. The van der Waals surface area contributed by atoms with Gasteiger partial charge in [0.05, 0.1) is 12.2 Å². The molecule has 3 aromatic carbocycles. The van der Waals surface area contributed by atoms with Crippen LogP contribution in [-0.2, 0) is 30.7 Å². The van der Waals surface area contributed by atoms with Gasteiger partial charge in [0.1, 0.15) is 17.9 Å². The molecule has 0 bridgehead atoms. The minimum Gasteiger partial charge on any atom is -0.490 e. The zero-order valence-corrected chi connectivity index (χ0v) is 24.4. The average molecular weight is 563 g/mol. The molecule has 2 aliphatic rings. The van der Waals surface area contributed by atoms with Gasteiger partial charge in [-0.2, -0.15) is 5.10 Å². The van der Waals surface area contributed by atoms with Crippen LogP contribution in [0.2, 0.25) is 0 Å². The molecule has 1 atom stereocenters. The summed E-state index contributed by atoms with van der Waals surface area (Å²) in [5.41, 5.74) is 7.28. The van der Waals surface area contributed by atoms with E-state index >= 15 is 0 Å². The zero-order valence-electron chi connectivity index (χ0n) is 24.4. The lowest BCUT2D eigenvalue weighted by atomic mass is 10.0. The Morgan fingerprint density at radius 2 is 1.71 bits per heavy atom. The lowest BCUT2D eigenvalue weighted by Gasteiger charge is -2.30. The molecule has 0 spiro atoms. The molecule has 6 rings (SSSR count). The second kappa shape index (κ2) is 12.2. The number of amides is 2. The van der Waals surface area contributed by atoms with E-state index < -0.39 is 6.04 Å². The zero-order chi connectivity index (χ0) is 29.1. The monoisotopic (exact) mass is 562 g/mol. The van der Waals surface area contributed by atoms with Crippen LogP contribution < -0.4 is 10.1 Å². The molecule has 0 saturated carbocycles. The number of rotatable bonds is 8. The van der Waals surface area contributed by atoms with E-state index in [1.165, 1.54) is 11.1 Å². The SMILES string of the molecule is Cc1cc(C)n(Cc2cccc(C(=O)N(Cc3ccc(OC4Cc5ccccc5C4)cc3)[C@H]3CCCCNC3=O)c2)n1. The summed E-state index contributed by atoms with van der Waals surface area (Å²) in [6.45, 7) is 5.58. The fourth-order valence-corrected chi connectivity index (χ4v) is 6.18. The Morgan fingerprint density at radius 3 is 2.43 bits per heavy atom.